The molecule has 0 atom stereocenters. The zero-order valence-corrected chi connectivity index (χ0v) is 18.3. The fourth-order valence-electron chi connectivity index (χ4n) is 4.33. The fraction of sp³-hybridized carbons (Fsp3) is 0.542. The van der Waals surface area contributed by atoms with Gasteiger partial charge in [0, 0.05) is 56.8 Å². The van der Waals surface area contributed by atoms with E-state index in [1.807, 2.05) is 24.2 Å². The number of benzene rings is 1. The SMILES string of the molecule is Cc1cnc(CNC2CCN(c3ccc(CC(=O)N4CCC(O)CC4)cc3)CC2)cn1. The van der Waals surface area contributed by atoms with Crippen molar-refractivity contribution in [2.24, 2.45) is 0 Å². The molecule has 7 nitrogen and oxygen atoms in total. The van der Waals surface area contributed by atoms with Crippen molar-refractivity contribution in [1.29, 1.82) is 0 Å². The lowest BCUT2D eigenvalue weighted by molar-refractivity contribution is -0.132. The van der Waals surface area contributed by atoms with Gasteiger partial charge in [-0.05, 0) is 50.3 Å². The van der Waals surface area contributed by atoms with Gasteiger partial charge in [0.25, 0.3) is 0 Å². The normalized spacial score (nSPS) is 18.4. The van der Waals surface area contributed by atoms with Gasteiger partial charge < -0.3 is 20.2 Å². The molecule has 2 N–H and O–H groups in total. The Labute approximate surface area is 184 Å². The molecule has 1 amide bonds. The minimum atomic E-state index is -0.251. The number of amides is 1. The van der Waals surface area contributed by atoms with E-state index in [1.54, 1.807) is 0 Å². The Kier molecular flexibility index (Phi) is 7.14. The van der Waals surface area contributed by atoms with Crippen LogP contribution in [-0.4, -0.2) is 64.2 Å². The summed E-state index contributed by atoms with van der Waals surface area (Å²) in [6.07, 6.45) is 7.41. The molecule has 0 unspecified atom stereocenters. The Morgan fingerprint density at radius 3 is 2.39 bits per heavy atom. The highest BCUT2D eigenvalue weighted by Crippen LogP contribution is 2.21. The summed E-state index contributed by atoms with van der Waals surface area (Å²) in [5.74, 6) is 0.157. The molecule has 0 spiro atoms. The molecule has 166 valence electrons. The summed E-state index contributed by atoms with van der Waals surface area (Å²) in [4.78, 5) is 25.5. The van der Waals surface area contributed by atoms with Crippen LogP contribution in [0.3, 0.4) is 0 Å². The maximum absolute atomic E-state index is 12.5. The summed E-state index contributed by atoms with van der Waals surface area (Å²) in [6.45, 7) is 6.08. The van der Waals surface area contributed by atoms with Crippen molar-refractivity contribution in [3.8, 4) is 0 Å². The highest BCUT2D eigenvalue weighted by atomic mass is 16.3. The van der Waals surface area contributed by atoms with Crippen LogP contribution < -0.4 is 10.2 Å². The number of carbonyl (C=O) groups excluding carboxylic acids is 1. The standard InChI is InChI=1S/C24H33N5O2/c1-18-15-26-21(16-25-18)17-27-20-6-10-28(11-7-20)22-4-2-19(3-5-22)14-24(31)29-12-8-23(30)9-13-29/h2-5,15-16,20,23,27,30H,6-14,17H2,1H3. The molecule has 3 heterocycles. The number of hydrogen-bond acceptors (Lipinski definition) is 6. The van der Waals surface area contributed by atoms with Gasteiger partial charge in [0.15, 0.2) is 0 Å². The molecule has 2 aliphatic rings. The van der Waals surface area contributed by atoms with E-state index >= 15 is 0 Å². The molecule has 2 saturated heterocycles. The monoisotopic (exact) mass is 423 g/mol. The smallest absolute Gasteiger partial charge is 0.226 e. The minimum absolute atomic E-state index is 0.157. The lowest BCUT2D eigenvalue weighted by Crippen LogP contribution is -2.42. The minimum Gasteiger partial charge on any atom is -0.393 e. The van der Waals surface area contributed by atoms with E-state index in [4.69, 9.17) is 0 Å². The number of aliphatic hydroxyl groups is 1. The number of likely N-dealkylation sites (tertiary alicyclic amines) is 1. The Balaban J connectivity index is 1.21. The van der Waals surface area contributed by atoms with Gasteiger partial charge in [-0.25, -0.2) is 0 Å². The summed E-state index contributed by atoms with van der Waals surface area (Å²) in [6, 6.07) is 8.93. The molecule has 2 fully saturated rings. The number of rotatable bonds is 6. The van der Waals surface area contributed by atoms with Crippen molar-refractivity contribution >= 4 is 11.6 Å². The molecule has 0 radical (unpaired) electrons. The summed E-state index contributed by atoms with van der Waals surface area (Å²) >= 11 is 0. The third-order valence-electron chi connectivity index (χ3n) is 6.38. The van der Waals surface area contributed by atoms with Crippen molar-refractivity contribution in [3.63, 3.8) is 0 Å². The molecular formula is C24H33N5O2. The Bertz CT molecular complexity index is 839. The second kappa shape index (κ2) is 10.2. The molecule has 1 aromatic carbocycles. The molecular weight excluding hydrogens is 390 g/mol. The van der Waals surface area contributed by atoms with E-state index in [0.29, 0.717) is 38.4 Å². The second-order valence-corrected chi connectivity index (χ2v) is 8.75. The topological polar surface area (TPSA) is 81.6 Å². The van der Waals surface area contributed by atoms with Crippen molar-refractivity contribution in [2.45, 2.75) is 57.7 Å². The largest absolute Gasteiger partial charge is 0.393 e. The predicted octanol–water partition coefficient (Wildman–Crippen LogP) is 2.07. The van der Waals surface area contributed by atoms with Crippen molar-refractivity contribution < 1.29 is 9.90 Å². The first kappa shape index (κ1) is 21.7. The van der Waals surface area contributed by atoms with Crippen LogP contribution >= 0.6 is 0 Å². The van der Waals surface area contributed by atoms with Gasteiger partial charge in [-0.15, -0.1) is 0 Å². The van der Waals surface area contributed by atoms with Crippen LogP contribution in [0.5, 0.6) is 0 Å². The predicted molar refractivity (Wildman–Crippen MR) is 121 cm³/mol. The highest BCUT2D eigenvalue weighted by Gasteiger charge is 2.22. The first-order chi connectivity index (χ1) is 15.1. The number of anilines is 1. The van der Waals surface area contributed by atoms with Gasteiger partial charge in [-0.2, -0.15) is 0 Å². The molecule has 0 aliphatic carbocycles. The number of aromatic nitrogens is 2. The lowest BCUT2D eigenvalue weighted by Gasteiger charge is -2.34. The number of aliphatic hydroxyl groups excluding tert-OH is 1. The first-order valence-corrected chi connectivity index (χ1v) is 11.4. The zero-order chi connectivity index (χ0) is 21.6. The van der Waals surface area contributed by atoms with E-state index in [-0.39, 0.29) is 12.0 Å². The molecule has 2 aromatic rings. The van der Waals surface area contributed by atoms with Crippen LogP contribution in [-0.2, 0) is 17.8 Å². The van der Waals surface area contributed by atoms with Crippen LogP contribution in [0.15, 0.2) is 36.7 Å². The Hall–Kier alpha value is -2.51. The molecule has 0 saturated carbocycles. The van der Waals surface area contributed by atoms with Gasteiger partial charge in [-0.1, -0.05) is 12.1 Å². The first-order valence-electron chi connectivity index (χ1n) is 11.4. The maximum Gasteiger partial charge on any atom is 0.226 e. The van der Waals surface area contributed by atoms with Gasteiger partial charge in [0.1, 0.15) is 0 Å². The van der Waals surface area contributed by atoms with Crippen molar-refractivity contribution in [2.75, 3.05) is 31.1 Å². The summed E-state index contributed by atoms with van der Waals surface area (Å²) in [5.41, 5.74) is 4.20. The summed E-state index contributed by atoms with van der Waals surface area (Å²) < 4.78 is 0. The molecule has 31 heavy (non-hydrogen) atoms. The summed E-state index contributed by atoms with van der Waals surface area (Å²) in [7, 11) is 0. The van der Waals surface area contributed by atoms with E-state index in [2.05, 4.69) is 44.5 Å². The third-order valence-corrected chi connectivity index (χ3v) is 6.38. The van der Waals surface area contributed by atoms with Gasteiger partial charge in [0.05, 0.1) is 23.9 Å². The molecule has 0 bridgehead atoms. The number of nitrogens with zero attached hydrogens (tertiary/aromatic N) is 4. The average Bonchev–Trinajstić information content (AvgIpc) is 2.80. The van der Waals surface area contributed by atoms with E-state index in [9.17, 15) is 9.90 Å². The number of piperidine rings is 2. The molecule has 2 aliphatic heterocycles. The van der Waals surface area contributed by atoms with Crippen LogP contribution in [0.4, 0.5) is 5.69 Å². The zero-order valence-electron chi connectivity index (χ0n) is 18.3. The third kappa shape index (κ3) is 6.02. The Morgan fingerprint density at radius 1 is 1.03 bits per heavy atom. The van der Waals surface area contributed by atoms with Crippen LogP contribution in [0.1, 0.15) is 42.6 Å². The molecule has 1 aromatic heterocycles. The van der Waals surface area contributed by atoms with Gasteiger partial charge in [-0.3, -0.25) is 14.8 Å². The maximum atomic E-state index is 12.5. The van der Waals surface area contributed by atoms with E-state index in [0.717, 1.165) is 49.4 Å². The number of carbonyl (C=O) groups is 1. The lowest BCUT2D eigenvalue weighted by atomic mass is 10.0. The highest BCUT2D eigenvalue weighted by molar-refractivity contribution is 5.79. The van der Waals surface area contributed by atoms with Crippen LogP contribution in [0.25, 0.3) is 0 Å². The van der Waals surface area contributed by atoms with Gasteiger partial charge in [0.2, 0.25) is 5.91 Å². The average molecular weight is 424 g/mol. The van der Waals surface area contributed by atoms with E-state index in [1.165, 1.54) is 5.69 Å². The quantitative estimate of drug-likeness (QED) is 0.740. The van der Waals surface area contributed by atoms with Gasteiger partial charge >= 0.3 is 0 Å². The molecule has 4 rings (SSSR count). The van der Waals surface area contributed by atoms with E-state index < -0.39 is 0 Å². The van der Waals surface area contributed by atoms with Crippen LogP contribution in [0.2, 0.25) is 0 Å². The number of nitrogens with one attached hydrogen (secondary N) is 1. The fourth-order valence-corrected chi connectivity index (χ4v) is 4.33. The Morgan fingerprint density at radius 2 is 1.74 bits per heavy atom. The van der Waals surface area contributed by atoms with Crippen LogP contribution in [0, 0.1) is 6.92 Å². The van der Waals surface area contributed by atoms with Crippen molar-refractivity contribution in [1.82, 2.24) is 20.2 Å². The second-order valence-electron chi connectivity index (χ2n) is 8.75. The number of hydrogen-bond donors (Lipinski definition) is 2. The molecule has 7 heteroatoms. The van der Waals surface area contributed by atoms with Crippen molar-refractivity contribution in [3.05, 3.63) is 53.6 Å². The summed E-state index contributed by atoms with van der Waals surface area (Å²) in [5, 5.41) is 13.2. The number of aryl methyl sites for hydroxylation is 1.